The summed E-state index contributed by atoms with van der Waals surface area (Å²) in [7, 11) is 0. The average Bonchev–Trinajstić information content (AvgIpc) is 2.81. The molecular weight excluding hydrogens is 442 g/mol. The van der Waals surface area contributed by atoms with Crippen molar-refractivity contribution in [2.24, 2.45) is 0 Å². The molecule has 11 nitrogen and oxygen atoms in total. The molecule has 2 atom stereocenters. The third-order valence-corrected chi connectivity index (χ3v) is 4.93. The van der Waals surface area contributed by atoms with Crippen LogP contribution in [0.15, 0.2) is 48.8 Å². The first-order valence-electron chi connectivity index (χ1n) is 10.5. The first-order valence-corrected chi connectivity index (χ1v) is 10.5. The zero-order valence-electron chi connectivity index (χ0n) is 18.3. The molecule has 0 spiro atoms. The molecule has 2 rings (SSSR count). The first-order chi connectivity index (χ1) is 16.3. The molecule has 0 aliphatic carbocycles. The summed E-state index contributed by atoms with van der Waals surface area (Å²) < 4.78 is 0. The van der Waals surface area contributed by atoms with Crippen LogP contribution in [-0.4, -0.2) is 50.0 Å². The molecule has 0 aliphatic rings. The van der Waals surface area contributed by atoms with Crippen LogP contribution in [0.1, 0.15) is 43.5 Å². The van der Waals surface area contributed by atoms with Crippen molar-refractivity contribution in [3.8, 4) is 6.07 Å². The SMILES string of the molecule is N#CCCCCC(=O)N[C@@](CC(=O)O)(C(=O)N[C@@H](Cc1ccccc1)C(=O)O)c1ncccn1. The summed E-state index contributed by atoms with van der Waals surface area (Å²) in [6.45, 7) is 0. The molecule has 11 heteroatoms. The summed E-state index contributed by atoms with van der Waals surface area (Å²) in [4.78, 5) is 57.7. The summed E-state index contributed by atoms with van der Waals surface area (Å²) in [5.74, 6) is -4.77. The number of carboxylic acid groups (broad SMARTS) is 2. The molecule has 0 aliphatic heterocycles. The molecule has 1 aromatic carbocycles. The Morgan fingerprint density at radius 3 is 2.29 bits per heavy atom. The Kier molecular flexibility index (Phi) is 9.64. The first kappa shape index (κ1) is 25.9. The zero-order chi connectivity index (χ0) is 25.0. The number of hydrogen-bond donors (Lipinski definition) is 4. The molecule has 1 heterocycles. The summed E-state index contributed by atoms with van der Waals surface area (Å²) in [5, 5.41) is 32.7. The minimum absolute atomic E-state index is 0.0666. The van der Waals surface area contributed by atoms with Crippen LogP contribution in [0.5, 0.6) is 0 Å². The lowest BCUT2D eigenvalue weighted by Gasteiger charge is -2.32. The lowest BCUT2D eigenvalue weighted by molar-refractivity contribution is -0.147. The molecule has 0 saturated carbocycles. The van der Waals surface area contributed by atoms with Gasteiger partial charge in [-0.3, -0.25) is 14.4 Å². The number of benzene rings is 1. The van der Waals surface area contributed by atoms with Crippen molar-refractivity contribution >= 4 is 23.8 Å². The highest BCUT2D eigenvalue weighted by molar-refractivity contribution is 5.96. The Labute approximate surface area is 195 Å². The van der Waals surface area contributed by atoms with Gasteiger partial charge in [0.2, 0.25) is 5.91 Å². The number of rotatable bonds is 13. The van der Waals surface area contributed by atoms with Gasteiger partial charge in [0.05, 0.1) is 12.5 Å². The van der Waals surface area contributed by atoms with Crippen molar-refractivity contribution < 1.29 is 29.4 Å². The van der Waals surface area contributed by atoms with E-state index in [0.717, 1.165) is 0 Å². The largest absolute Gasteiger partial charge is 0.481 e. The highest BCUT2D eigenvalue weighted by Crippen LogP contribution is 2.24. The minimum atomic E-state index is -2.25. The summed E-state index contributed by atoms with van der Waals surface area (Å²) in [5.41, 5.74) is -1.61. The van der Waals surface area contributed by atoms with Crippen LogP contribution < -0.4 is 10.6 Å². The molecule has 34 heavy (non-hydrogen) atoms. The number of carboxylic acids is 2. The number of carbonyl (C=O) groups excluding carboxylic acids is 2. The van der Waals surface area contributed by atoms with Crippen LogP contribution in [0, 0.1) is 11.3 Å². The lowest BCUT2D eigenvalue weighted by atomic mass is 9.91. The number of carbonyl (C=O) groups is 4. The van der Waals surface area contributed by atoms with E-state index in [2.05, 4.69) is 20.6 Å². The number of nitrogens with one attached hydrogen (secondary N) is 2. The fourth-order valence-electron chi connectivity index (χ4n) is 3.29. The molecule has 0 saturated heterocycles. The van der Waals surface area contributed by atoms with Crippen LogP contribution in [0.2, 0.25) is 0 Å². The molecule has 0 fully saturated rings. The molecule has 2 amide bonds. The van der Waals surface area contributed by atoms with Gasteiger partial charge in [-0.05, 0) is 24.5 Å². The Hall–Kier alpha value is -4.33. The van der Waals surface area contributed by atoms with E-state index in [1.54, 1.807) is 30.3 Å². The third-order valence-electron chi connectivity index (χ3n) is 4.93. The van der Waals surface area contributed by atoms with Crippen LogP contribution in [0.4, 0.5) is 0 Å². The summed E-state index contributed by atoms with van der Waals surface area (Å²) >= 11 is 0. The van der Waals surface area contributed by atoms with Gasteiger partial charge < -0.3 is 20.8 Å². The number of nitriles is 1. The average molecular weight is 467 g/mol. The zero-order valence-corrected chi connectivity index (χ0v) is 18.3. The normalized spacial score (nSPS) is 13.0. The fourth-order valence-corrected chi connectivity index (χ4v) is 3.29. The maximum atomic E-state index is 13.4. The molecule has 0 radical (unpaired) electrons. The standard InChI is InChI=1S/C23H25N5O6/c24-11-6-2-5-10-18(29)28-23(15-19(30)31,21-25-12-7-13-26-21)22(34)27-17(20(32)33)14-16-8-3-1-4-9-16/h1,3-4,7-9,12-13,17H,2,5-6,10,14-15H2,(H,27,34)(H,28,29)(H,30,31)(H,32,33)/t17-,23+/m0/s1. The van der Waals surface area contributed by atoms with Crippen molar-refractivity contribution in [3.63, 3.8) is 0 Å². The van der Waals surface area contributed by atoms with Gasteiger partial charge in [0.25, 0.3) is 5.91 Å². The van der Waals surface area contributed by atoms with Gasteiger partial charge in [-0.15, -0.1) is 0 Å². The number of hydrogen-bond acceptors (Lipinski definition) is 7. The second-order valence-corrected chi connectivity index (χ2v) is 7.52. The van der Waals surface area contributed by atoms with Gasteiger partial charge in [0, 0.05) is 31.7 Å². The number of amides is 2. The summed E-state index contributed by atoms with van der Waals surface area (Å²) in [6, 6.07) is 10.6. The van der Waals surface area contributed by atoms with Crippen LogP contribution >= 0.6 is 0 Å². The van der Waals surface area contributed by atoms with Crippen molar-refractivity contribution in [1.29, 1.82) is 5.26 Å². The highest BCUT2D eigenvalue weighted by atomic mass is 16.4. The number of aliphatic carboxylic acids is 2. The molecular formula is C23H25N5O6. The third kappa shape index (κ3) is 7.37. The topological polar surface area (TPSA) is 182 Å². The van der Waals surface area contributed by atoms with Gasteiger partial charge in [-0.2, -0.15) is 5.26 Å². The molecule has 0 unspecified atom stereocenters. The van der Waals surface area contributed by atoms with Gasteiger partial charge in [-0.1, -0.05) is 30.3 Å². The van der Waals surface area contributed by atoms with Crippen LogP contribution in [-0.2, 0) is 31.1 Å². The van der Waals surface area contributed by atoms with Crippen LogP contribution in [0.3, 0.4) is 0 Å². The molecule has 1 aromatic heterocycles. The van der Waals surface area contributed by atoms with Crippen molar-refractivity contribution in [1.82, 2.24) is 20.6 Å². The van der Waals surface area contributed by atoms with E-state index in [9.17, 15) is 29.4 Å². The predicted octanol–water partition coefficient (Wildman–Crippen LogP) is 1.16. The second-order valence-electron chi connectivity index (χ2n) is 7.52. The summed E-state index contributed by atoms with van der Waals surface area (Å²) in [6.07, 6.45) is 2.54. The fraction of sp³-hybridized carbons (Fsp3) is 0.348. The van der Waals surface area contributed by atoms with Crippen molar-refractivity contribution in [3.05, 3.63) is 60.2 Å². The highest BCUT2D eigenvalue weighted by Gasteiger charge is 2.47. The quantitative estimate of drug-likeness (QED) is 0.314. The van der Waals surface area contributed by atoms with E-state index in [-0.39, 0.29) is 25.1 Å². The maximum Gasteiger partial charge on any atom is 0.326 e. The predicted molar refractivity (Wildman–Crippen MR) is 118 cm³/mol. The lowest BCUT2D eigenvalue weighted by Crippen LogP contribution is -2.60. The van der Waals surface area contributed by atoms with E-state index in [0.29, 0.717) is 18.4 Å². The molecule has 178 valence electrons. The number of aromatic nitrogens is 2. The van der Waals surface area contributed by atoms with E-state index in [1.807, 2.05) is 6.07 Å². The Morgan fingerprint density at radius 2 is 1.71 bits per heavy atom. The molecule has 0 bridgehead atoms. The van der Waals surface area contributed by atoms with Gasteiger partial charge >= 0.3 is 11.9 Å². The van der Waals surface area contributed by atoms with Crippen LogP contribution in [0.25, 0.3) is 0 Å². The Morgan fingerprint density at radius 1 is 1.03 bits per heavy atom. The van der Waals surface area contributed by atoms with E-state index < -0.39 is 41.8 Å². The molecule has 2 aromatic rings. The van der Waals surface area contributed by atoms with Crippen molar-refractivity contribution in [2.45, 2.75) is 50.1 Å². The van der Waals surface area contributed by atoms with E-state index in [1.165, 1.54) is 18.5 Å². The maximum absolute atomic E-state index is 13.4. The van der Waals surface area contributed by atoms with Crippen molar-refractivity contribution in [2.75, 3.05) is 0 Å². The van der Waals surface area contributed by atoms with Gasteiger partial charge in [0.1, 0.15) is 6.04 Å². The Balaban J connectivity index is 2.38. The minimum Gasteiger partial charge on any atom is -0.481 e. The van der Waals surface area contributed by atoms with E-state index >= 15 is 0 Å². The van der Waals surface area contributed by atoms with Gasteiger partial charge in [-0.25, -0.2) is 14.8 Å². The second kappa shape index (κ2) is 12.6. The van der Waals surface area contributed by atoms with E-state index in [4.69, 9.17) is 5.26 Å². The Bertz CT molecular complexity index is 1040. The van der Waals surface area contributed by atoms with Gasteiger partial charge in [0.15, 0.2) is 11.4 Å². The monoisotopic (exact) mass is 467 g/mol. The number of unbranched alkanes of at least 4 members (excludes halogenated alkanes) is 2. The number of nitrogens with zero attached hydrogens (tertiary/aromatic N) is 3. The molecule has 4 N–H and O–H groups in total. The smallest absolute Gasteiger partial charge is 0.326 e.